The van der Waals surface area contributed by atoms with E-state index in [0.717, 1.165) is 0 Å². The molecule has 2 aromatic rings. The molecule has 9 heteroatoms. The molecule has 0 aliphatic heterocycles. The first-order valence-electron chi connectivity index (χ1n) is 6.61. The van der Waals surface area contributed by atoms with Gasteiger partial charge in [0.05, 0.1) is 28.1 Å². The van der Waals surface area contributed by atoms with Gasteiger partial charge in [-0.1, -0.05) is 29.3 Å². The summed E-state index contributed by atoms with van der Waals surface area (Å²) in [6.07, 6.45) is 0. The van der Waals surface area contributed by atoms with E-state index in [1.807, 2.05) is 0 Å². The van der Waals surface area contributed by atoms with Crippen molar-refractivity contribution in [1.29, 1.82) is 0 Å². The Kier molecular flexibility index (Phi) is 5.83. The van der Waals surface area contributed by atoms with E-state index in [0.29, 0.717) is 5.75 Å². The van der Waals surface area contributed by atoms with Crippen molar-refractivity contribution in [2.24, 2.45) is 0 Å². The topological polar surface area (TPSA) is 90.7 Å². The summed E-state index contributed by atoms with van der Waals surface area (Å²) in [6, 6.07) is 8.84. The van der Waals surface area contributed by atoms with Crippen LogP contribution in [0.1, 0.15) is 0 Å². The van der Waals surface area contributed by atoms with Crippen LogP contribution >= 0.6 is 23.2 Å². The van der Waals surface area contributed by atoms with Gasteiger partial charge in [-0.05, 0) is 24.3 Å². The molecule has 0 spiro atoms. The number of nitro benzene ring substituents is 1. The third-order valence-electron chi connectivity index (χ3n) is 2.94. The van der Waals surface area contributed by atoms with Gasteiger partial charge in [0.2, 0.25) is 0 Å². The van der Waals surface area contributed by atoms with Gasteiger partial charge in [0.1, 0.15) is 11.4 Å². The fraction of sp³-hybridized carbons (Fsp3) is 0.133. The quantitative estimate of drug-likeness (QED) is 0.614. The number of benzene rings is 2. The van der Waals surface area contributed by atoms with E-state index < -0.39 is 17.4 Å². The Hall–Kier alpha value is -2.51. The highest BCUT2D eigenvalue weighted by Gasteiger charge is 2.18. The largest absolute Gasteiger partial charge is 0.496 e. The maximum absolute atomic E-state index is 12.0. The van der Waals surface area contributed by atoms with Crippen molar-refractivity contribution >= 4 is 40.5 Å². The first-order valence-corrected chi connectivity index (χ1v) is 7.37. The van der Waals surface area contributed by atoms with Gasteiger partial charge in [0.15, 0.2) is 12.4 Å². The lowest BCUT2D eigenvalue weighted by Crippen LogP contribution is -2.21. The Labute approximate surface area is 147 Å². The lowest BCUT2D eigenvalue weighted by molar-refractivity contribution is -0.384. The van der Waals surface area contributed by atoms with Crippen molar-refractivity contribution in [3.05, 3.63) is 56.6 Å². The SMILES string of the molecule is COc1ccc(NC(=O)COc2c(Cl)cccc2Cl)c([N+](=O)[O-])c1. The maximum atomic E-state index is 12.0. The highest BCUT2D eigenvalue weighted by atomic mass is 35.5. The number of anilines is 1. The van der Waals surface area contributed by atoms with Gasteiger partial charge >= 0.3 is 0 Å². The van der Waals surface area contributed by atoms with E-state index >= 15 is 0 Å². The number of carbonyl (C=O) groups is 1. The Morgan fingerprint density at radius 1 is 1.25 bits per heavy atom. The van der Waals surface area contributed by atoms with Crippen LogP contribution in [0.4, 0.5) is 11.4 Å². The molecular weight excluding hydrogens is 359 g/mol. The van der Waals surface area contributed by atoms with Crippen molar-refractivity contribution in [3.63, 3.8) is 0 Å². The minimum atomic E-state index is -0.621. The summed E-state index contributed by atoms with van der Waals surface area (Å²) in [7, 11) is 1.39. The number of para-hydroxylation sites is 1. The maximum Gasteiger partial charge on any atom is 0.296 e. The zero-order valence-corrected chi connectivity index (χ0v) is 13.9. The second kappa shape index (κ2) is 7.85. The van der Waals surface area contributed by atoms with Crippen LogP contribution in [0.5, 0.6) is 11.5 Å². The number of nitro groups is 1. The first-order chi connectivity index (χ1) is 11.4. The number of hydrogen-bond donors (Lipinski definition) is 1. The molecule has 24 heavy (non-hydrogen) atoms. The molecule has 0 saturated heterocycles. The zero-order valence-electron chi connectivity index (χ0n) is 12.4. The number of methoxy groups -OCH3 is 1. The Morgan fingerprint density at radius 2 is 1.92 bits per heavy atom. The molecule has 0 radical (unpaired) electrons. The van der Waals surface area contributed by atoms with Crippen LogP contribution < -0.4 is 14.8 Å². The summed E-state index contributed by atoms with van der Waals surface area (Å²) in [5.74, 6) is -0.127. The number of carbonyl (C=O) groups excluding carboxylic acids is 1. The van der Waals surface area contributed by atoms with Gasteiger partial charge in [0, 0.05) is 0 Å². The number of ether oxygens (including phenoxy) is 2. The van der Waals surface area contributed by atoms with Crippen LogP contribution in [0.2, 0.25) is 10.0 Å². The Bertz CT molecular complexity index is 762. The molecule has 0 bridgehead atoms. The lowest BCUT2D eigenvalue weighted by atomic mass is 10.2. The van der Waals surface area contributed by atoms with Gasteiger partial charge in [-0.25, -0.2) is 0 Å². The average molecular weight is 371 g/mol. The molecular formula is C15H12Cl2N2O5. The van der Waals surface area contributed by atoms with Crippen molar-refractivity contribution < 1.29 is 19.2 Å². The van der Waals surface area contributed by atoms with E-state index in [1.54, 1.807) is 18.2 Å². The van der Waals surface area contributed by atoms with Crippen molar-refractivity contribution in [2.75, 3.05) is 19.0 Å². The molecule has 0 fully saturated rings. The van der Waals surface area contributed by atoms with Crippen molar-refractivity contribution in [1.82, 2.24) is 0 Å². The number of nitrogens with zero attached hydrogens (tertiary/aromatic N) is 1. The van der Waals surface area contributed by atoms with Crippen LogP contribution in [0, 0.1) is 10.1 Å². The van der Waals surface area contributed by atoms with Crippen molar-refractivity contribution in [2.45, 2.75) is 0 Å². The summed E-state index contributed by atoms with van der Waals surface area (Å²) in [4.78, 5) is 22.4. The molecule has 2 aromatic carbocycles. The Balaban J connectivity index is 2.09. The normalized spacial score (nSPS) is 10.1. The summed E-state index contributed by atoms with van der Waals surface area (Å²) < 4.78 is 10.2. The zero-order chi connectivity index (χ0) is 17.7. The van der Waals surface area contributed by atoms with Gasteiger partial charge < -0.3 is 14.8 Å². The number of hydrogen-bond acceptors (Lipinski definition) is 5. The lowest BCUT2D eigenvalue weighted by Gasteiger charge is -2.10. The van der Waals surface area contributed by atoms with Gasteiger partial charge in [0.25, 0.3) is 11.6 Å². The van der Waals surface area contributed by atoms with Crippen LogP contribution in [0.15, 0.2) is 36.4 Å². The van der Waals surface area contributed by atoms with Gasteiger partial charge in [-0.15, -0.1) is 0 Å². The Morgan fingerprint density at radius 3 is 2.50 bits per heavy atom. The second-order valence-corrected chi connectivity index (χ2v) is 5.34. The molecule has 0 aliphatic carbocycles. The predicted molar refractivity (Wildman–Crippen MR) is 90.2 cm³/mol. The molecule has 1 N–H and O–H groups in total. The molecule has 0 atom stereocenters. The average Bonchev–Trinajstić information content (AvgIpc) is 2.54. The monoisotopic (exact) mass is 370 g/mol. The highest BCUT2D eigenvalue weighted by molar-refractivity contribution is 6.37. The number of amides is 1. The number of nitrogens with one attached hydrogen (secondary N) is 1. The van der Waals surface area contributed by atoms with E-state index in [1.165, 1.54) is 25.3 Å². The fourth-order valence-corrected chi connectivity index (χ4v) is 2.35. The summed E-state index contributed by atoms with van der Waals surface area (Å²) in [6.45, 7) is -0.410. The summed E-state index contributed by atoms with van der Waals surface area (Å²) in [5.41, 5.74) is -0.266. The molecule has 2 rings (SSSR count). The fourth-order valence-electron chi connectivity index (χ4n) is 1.84. The molecule has 0 unspecified atom stereocenters. The van der Waals surface area contributed by atoms with Crippen LogP contribution in [-0.4, -0.2) is 24.5 Å². The van der Waals surface area contributed by atoms with Crippen molar-refractivity contribution in [3.8, 4) is 11.5 Å². The van der Waals surface area contributed by atoms with E-state index in [9.17, 15) is 14.9 Å². The van der Waals surface area contributed by atoms with Gasteiger partial charge in [-0.3, -0.25) is 14.9 Å². The standard InChI is InChI=1S/C15H12Cl2N2O5/c1-23-9-5-6-12(13(7-9)19(21)22)18-14(20)8-24-15-10(16)3-2-4-11(15)17/h2-7H,8H2,1H3,(H,18,20). The molecule has 126 valence electrons. The van der Waals surface area contributed by atoms with Crippen LogP contribution in [-0.2, 0) is 4.79 Å². The van der Waals surface area contributed by atoms with E-state index in [2.05, 4.69) is 5.32 Å². The third kappa shape index (κ3) is 4.27. The summed E-state index contributed by atoms with van der Waals surface area (Å²) >= 11 is 11.9. The van der Waals surface area contributed by atoms with Gasteiger partial charge in [-0.2, -0.15) is 0 Å². The summed E-state index contributed by atoms with van der Waals surface area (Å²) in [5, 5.41) is 14.0. The number of rotatable bonds is 6. The minimum Gasteiger partial charge on any atom is -0.496 e. The highest BCUT2D eigenvalue weighted by Crippen LogP contribution is 2.32. The van der Waals surface area contributed by atoms with Crippen LogP contribution in [0.25, 0.3) is 0 Å². The van der Waals surface area contributed by atoms with Crippen LogP contribution in [0.3, 0.4) is 0 Å². The number of halogens is 2. The smallest absolute Gasteiger partial charge is 0.296 e. The molecule has 0 aromatic heterocycles. The second-order valence-electron chi connectivity index (χ2n) is 4.53. The molecule has 7 nitrogen and oxygen atoms in total. The minimum absolute atomic E-state index is 0.0275. The molecule has 0 aliphatic rings. The third-order valence-corrected chi connectivity index (χ3v) is 3.54. The van der Waals surface area contributed by atoms with E-state index in [4.69, 9.17) is 32.7 Å². The first kappa shape index (κ1) is 17.8. The molecule has 0 saturated carbocycles. The molecule has 1 amide bonds. The van der Waals surface area contributed by atoms with E-state index in [-0.39, 0.29) is 27.2 Å². The molecule has 0 heterocycles. The predicted octanol–water partition coefficient (Wildman–Crippen LogP) is 3.93.